The van der Waals surface area contributed by atoms with E-state index < -0.39 is 5.60 Å². The number of nitriles is 1. The van der Waals surface area contributed by atoms with Crippen LogP contribution < -0.4 is 0 Å². The number of carbonyl (C=O) groups excluding carboxylic acids is 1. The number of hydrogen-bond donors (Lipinski definition) is 0. The highest BCUT2D eigenvalue weighted by Gasteiger charge is 2.32. The van der Waals surface area contributed by atoms with Crippen LogP contribution in [0.4, 0.5) is 4.79 Å². The van der Waals surface area contributed by atoms with Crippen molar-refractivity contribution in [2.45, 2.75) is 39.2 Å². The Balaban J connectivity index is 2.21. The van der Waals surface area contributed by atoms with E-state index in [1.807, 2.05) is 20.8 Å². The van der Waals surface area contributed by atoms with Crippen LogP contribution in [0.1, 0.15) is 33.6 Å². The molecule has 0 atom stereocenters. The smallest absolute Gasteiger partial charge is 0.410 e. The van der Waals surface area contributed by atoms with E-state index in [4.69, 9.17) is 10.00 Å². The number of ether oxygens (including phenoxy) is 1. The predicted molar refractivity (Wildman–Crippen MR) is 56.1 cm³/mol. The Labute approximate surface area is 90.8 Å². The molecule has 1 rings (SSSR count). The van der Waals surface area contributed by atoms with Crippen molar-refractivity contribution in [1.82, 2.24) is 4.90 Å². The fraction of sp³-hybridized carbons (Fsp3) is 0.818. The van der Waals surface area contributed by atoms with Gasteiger partial charge >= 0.3 is 6.09 Å². The first-order valence-corrected chi connectivity index (χ1v) is 5.27. The Kier molecular flexibility index (Phi) is 3.57. The summed E-state index contributed by atoms with van der Waals surface area (Å²) in [5, 5.41) is 8.41. The van der Waals surface area contributed by atoms with Crippen molar-refractivity contribution in [3.8, 4) is 6.07 Å². The summed E-state index contributed by atoms with van der Waals surface area (Å²) in [7, 11) is 0. The minimum absolute atomic E-state index is 0.240. The molecule has 0 unspecified atom stereocenters. The maximum atomic E-state index is 11.5. The predicted octanol–water partition coefficient (Wildman–Crippen LogP) is 2.16. The molecule has 1 aliphatic rings. The Hall–Kier alpha value is -1.24. The van der Waals surface area contributed by atoms with Gasteiger partial charge < -0.3 is 9.64 Å². The molecule has 0 aliphatic carbocycles. The molecule has 84 valence electrons. The average molecular weight is 210 g/mol. The molecule has 1 heterocycles. The fourth-order valence-corrected chi connectivity index (χ4v) is 1.50. The van der Waals surface area contributed by atoms with E-state index in [9.17, 15) is 4.79 Å². The Morgan fingerprint density at radius 3 is 2.60 bits per heavy atom. The Bertz CT molecular complexity index is 269. The SMILES string of the molecule is CC(C)(C)OC(=O)N1CC(CCC#N)C1. The third kappa shape index (κ3) is 3.78. The van der Waals surface area contributed by atoms with Gasteiger partial charge in [-0.15, -0.1) is 0 Å². The van der Waals surface area contributed by atoms with Crippen molar-refractivity contribution in [2.24, 2.45) is 5.92 Å². The van der Waals surface area contributed by atoms with Crippen LogP contribution in [0.15, 0.2) is 0 Å². The highest BCUT2D eigenvalue weighted by Crippen LogP contribution is 2.22. The minimum Gasteiger partial charge on any atom is -0.444 e. The van der Waals surface area contributed by atoms with Gasteiger partial charge in [0, 0.05) is 19.5 Å². The molecule has 4 nitrogen and oxygen atoms in total. The lowest BCUT2D eigenvalue weighted by Crippen LogP contribution is -2.51. The molecular weight excluding hydrogens is 192 g/mol. The molecule has 0 spiro atoms. The molecule has 0 bridgehead atoms. The molecule has 4 heteroatoms. The summed E-state index contributed by atoms with van der Waals surface area (Å²) in [5.41, 5.74) is -0.422. The van der Waals surface area contributed by atoms with Crippen molar-refractivity contribution in [2.75, 3.05) is 13.1 Å². The molecule has 0 radical (unpaired) electrons. The summed E-state index contributed by atoms with van der Waals surface area (Å²) in [5.74, 6) is 0.483. The first-order chi connectivity index (χ1) is 6.92. The topological polar surface area (TPSA) is 53.3 Å². The third-order valence-electron chi connectivity index (χ3n) is 2.27. The summed E-state index contributed by atoms with van der Waals surface area (Å²) in [6, 6.07) is 2.11. The second-order valence-corrected chi connectivity index (χ2v) is 4.95. The van der Waals surface area contributed by atoms with Gasteiger partial charge in [-0.3, -0.25) is 0 Å². The van der Waals surface area contributed by atoms with Crippen molar-refractivity contribution in [1.29, 1.82) is 5.26 Å². The summed E-state index contributed by atoms with van der Waals surface area (Å²) in [6.45, 7) is 7.04. The van der Waals surface area contributed by atoms with Gasteiger partial charge in [-0.1, -0.05) is 0 Å². The second kappa shape index (κ2) is 4.52. The summed E-state index contributed by atoms with van der Waals surface area (Å²) < 4.78 is 5.22. The molecule has 0 saturated carbocycles. The maximum Gasteiger partial charge on any atom is 0.410 e. The van der Waals surface area contributed by atoms with Crippen LogP contribution >= 0.6 is 0 Å². The zero-order chi connectivity index (χ0) is 11.5. The van der Waals surface area contributed by atoms with E-state index >= 15 is 0 Å². The largest absolute Gasteiger partial charge is 0.444 e. The van der Waals surface area contributed by atoms with E-state index in [2.05, 4.69) is 6.07 Å². The highest BCUT2D eigenvalue weighted by molar-refractivity contribution is 5.69. The van der Waals surface area contributed by atoms with E-state index in [1.165, 1.54) is 0 Å². The Morgan fingerprint density at radius 1 is 1.53 bits per heavy atom. The van der Waals surface area contributed by atoms with Crippen molar-refractivity contribution < 1.29 is 9.53 Å². The number of carbonyl (C=O) groups is 1. The molecule has 1 saturated heterocycles. The highest BCUT2D eigenvalue weighted by atomic mass is 16.6. The summed E-state index contributed by atoms with van der Waals surface area (Å²) in [4.78, 5) is 13.2. The lowest BCUT2D eigenvalue weighted by Gasteiger charge is -2.39. The number of likely N-dealkylation sites (tertiary alicyclic amines) is 1. The molecule has 0 aromatic heterocycles. The van der Waals surface area contributed by atoms with Crippen LogP contribution in [-0.2, 0) is 4.74 Å². The minimum atomic E-state index is -0.422. The lowest BCUT2D eigenvalue weighted by atomic mass is 9.96. The zero-order valence-corrected chi connectivity index (χ0v) is 9.62. The van der Waals surface area contributed by atoms with Crippen LogP contribution in [0.3, 0.4) is 0 Å². The molecular formula is C11H18N2O2. The molecule has 15 heavy (non-hydrogen) atoms. The monoisotopic (exact) mass is 210 g/mol. The summed E-state index contributed by atoms with van der Waals surface area (Å²) >= 11 is 0. The molecule has 0 aromatic rings. The molecule has 0 N–H and O–H groups in total. The van der Waals surface area contributed by atoms with Gasteiger partial charge in [-0.2, -0.15) is 5.26 Å². The number of amides is 1. The van der Waals surface area contributed by atoms with Gasteiger partial charge in [0.1, 0.15) is 5.60 Å². The van der Waals surface area contributed by atoms with E-state index in [-0.39, 0.29) is 6.09 Å². The van der Waals surface area contributed by atoms with Crippen molar-refractivity contribution in [3.63, 3.8) is 0 Å². The zero-order valence-electron chi connectivity index (χ0n) is 9.62. The first-order valence-electron chi connectivity index (χ1n) is 5.27. The second-order valence-electron chi connectivity index (χ2n) is 4.95. The Morgan fingerprint density at radius 2 is 2.13 bits per heavy atom. The maximum absolute atomic E-state index is 11.5. The normalized spacial score (nSPS) is 16.8. The summed E-state index contributed by atoms with van der Waals surface area (Å²) in [6.07, 6.45) is 1.22. The van der Waals surface area contributed by atoms with Gasteiger partial charge in [0.25, 0.3) is 0 Å². The van der Waals surface area contributed by atoms with E-state index in [0.29, 0.717) is 12.3 Å². The van der Waals surface area contributed by atoms with Crippen LogP contribution in [0.25, 0.3) is 0 Å². The average Bonchev–Trinajstić information content (AvgIpc) is 1.98. The molecule has 0 aromatic carbocycles. The molecule has 1 amide bonds. The van der Waals surface area contributed by atoms with Crippen LogP contribution in [0.2, 0.25) is 0 Å². The fourth-order valence-electron chi connectivity index (χ4n) is 1.50. The van der Waals surface area contributed by atoms with Gasteiger partial charge in [0.15, 0.2) is 0 Å². The number of nitrogens with zero attached hydrogens (tertiary/aromatic N) is 2. The van der Waals surface area contributed by atoms with E-state index in [0.717, 1.165) is 19.5 Å². The van der Waals surface area contributed by atoms with Crippen molar-refractivity contribution >= 4 is 6.09 Å². The van der Waals surface area contributed by atoms with Crippen LogP contribution in [-0.4, -0.2) is 29.7 Å². The standard InChI is InChI=1S/C11H18N2O2/c1-11(2,3)15-10(14)13-7-9(8-13)5-4-6-12/h9H,4-5,7-8H2,1-3H3. The molecule has 1 fully saturated rings. The van der Waals surface area contributed by atoms with Gasteiger partial charge in [-0.05, 0) is 33.1 Å². The first kappa shape index (κ1) is 11.8. The number of hydrogen-bond acceptors (Lipinski definition) is 3. The third-order valence-corrected chi connectivity index (χ3v) is 2.27. The van der Waals surface area contributed by atoms with Gasteiger partial charge in [0.05, 0.1) is 6.07 Å². The van der Waals surface area contributed by atoms with E-state index in [1.54, 1.807) is 4.90 Å². The molecule has 1 aliphatic heterocycles. The van der Waals surface area contributed by atoms with Crippen LogP contribution in [0, 0.1) is 17.2 Å². The van der Waals surface area contributed by atoms with Crippen molar-refractivity contribution in [3.05, 3.63) is 0 Å². The van der Waals surface area contributed by atoms with Crippen LogP contribution in [0.5, 0.6) is 0 Å². The van der Waals surface area contributed by atoms with Gasteiger partial charge in [0.2, 0.25) is 0 Å². The van der Waals surface area contributed by atoms with Gasteiger partial charge in [-0.25, -0.2) is 4.79 Å². The quantitative estimate of drug-likeness (QED) is 0.701. The lowest BCUT2D eigenvalue weighted by molar-refractivity contribution is -0.00188. The number of rotatable bonds is 2.